The molecule has 5 aliphatic rings. The van der Waals surface area contributed by atoms with Crippen molar-refractivity contribution in [1.82, 2.24) is 0 Å². The molecule has 0 aromatic carbocycles. The molecule has 5 fully saturated rings. The summed E-state index contributed by atoms with van der Waals surface area (Å²) in [7, 11) is 1.68. The number of hydrogen-bond acceptors (Lipinski definition) is 6. The third-order valence-corrected chi connectivity index (χ3v) is 6.67. The van der Waals surface area contributed by atoms with Crippen molar-refractivity contribution in [2.24, 2.45) is 23.7 Å². The van der Waals surface area contributed by atoms with Crippen molar-refractivity contribution in [2.75, 3.05) is 20.3 Å². The lowest BCUT2D eigenvalue weighted by molar-refractivity contribution is -0.577. The molecule has 0 aromatic rings. The molecular weight excluding hydrogens is 312 g/mol. The molecule has 138 valence electrons. The quantitative estimate of drug-likeness (QED) is 0.578. The van der Waals surface area contributed by atoms with Crippen molar-refractivity contribution in [1.29, 1.82) is 0 Å². The smallest absolute Gasteiger partial charge is 0.201 e. The topological polar surface area (TPSA) is 55.4 Å². The minimum Gasteiger partial charge on any atom is -0.382 e. The standard InChI is InChI=1S/C18H30O6/c1-11-5-6-14-12(2)15(20-10-9-19-4)21-16-18(14)13(11)7-8-17(3,22-16)23-24-18/h11-16H,5-10H2,1-4H3/t11-,12-,13+,14+,15+,16-,17-,18-/m1/s1. The Hall–Kier alpha value is -0.240. The number of methoxy groups -OCH3 is 1. The van der Waals surface area contributed by atoms with Crippen molar-refractivity contribution in [2.45, 2.75) is 70.4 Å². The summed E-state index contributed by atoms with van der Waals surface area (Å²) < 4.78 is 23.6. The van der Waals surface area contributed by atoms with E-state index in [1.165, 1.54) is 6.42 Å². The summed E-state index contributed by atoms with van der Waals surface area (Å²) in [5.74, 6) is 0.788. The first kappa shape index (κ1) is 17.2. The van der Waals surface area contributed by atoms with Gasteiger partial charge in [-0.05, 0) is 38.0 Å². The highest BCUT2D eigenvalue weighted by molar-refractivity contribution is 5.09. The van der Waals surface area contributed by atoms with E-state index in [9.17, 15) is 0 Å². The monoisotopic (exact) mass is 342 g/mol. The molecule has 8 atom stereocenters. The number of ether oxygens (including phenoxy) is 4. The lowest BCUT2D eigenvalue weighted by atomic mass is 9.58. The molecule has 0 N–H and O–H groups in total. The Morgan fingerprint density at radius 3 is 2.67 bits per heavy atom. The second-order valence-electron chi connectivity index (χ2n) is 8.14. The van der Waals surface area contributed by atoms with Gasteiger partial charge in [0.25, 0.3) is 0 Å². The molecule has 6 nitrogen and oxygen atoms in total. The molecule has 1 aliphatic carbocycles. The zero-order valence-corrected chi connectivity index (χ0v) is 15.2. The number of hydrogen-bond donors (Lipinski definition) is 0. The first-order valence-corrected chi connectivity index (χ1v) is 9.31. The predicted molar refractivity (Wildman–Crippen MR) is 84.7 cm³/mol. The fraction of sp³-hybridized carbons (Fsp3) is 1.00. The Balaban J connectivity index is 1.64. The molecule has 2 bridgehead atoms. The van der Waals surface area contributed by atoms with Gasteiger partial charge in [0.1, 0.15) is 0 Å². The maximum Gasteiger partial charge on any atom is 0.201 e. The van der Waals surface area contributed by atoms with Crippen LogP contribution >= 0.6 is 0 Å². The van der Waals surface area contributed by atoms with Gasteiger partial charge in [0.15, 0.2) is 18.2 Å². The van der Waals surface area contributed by atoms with Gasteiger partial charge in [-0.15, -0.1) is 0 Å². The normalized spacial score (nSPS) is 53.5. The molecule has 1 spiro atoms. The van der Waals surface area contributed by atoms with Crippen LogP contribution in [-0.2, 0) is 28.7 Å². The average Bonchev–Trinajstić information content (AvgIpc) is 2.78. The maximum absolute atomic E-state index is 6.30. The predicted octanol–water partition coefficient (Wildman–Crippen LogP) is 2.86. The van der Waals surface area contributed by atoms with Gasteiger partial charge in [0.2, 0.25) is 5.79 Å². The lowest BCUT2D eigenvalue weighted by Gasteiger charge is -2.60. The highest BCUT2D eigenvalue weighted by Gasteiger charge is 2.69. The molecule has 4 aliphatic heterocycles. The van der Waals surface area contributed by atoms with Gasteiger partial charge >= 0.3 is 0 Å². The molecule has 0 radical (unpaired) electrons. The first-order valence-electron chi connectivity index (χ1n) is 9.31. The molecule has 4 saturated heterocycles. The summed E-state index contributed by atoms with van der Waals surface area (Å²) in [5.41, 5.74) is -0.506. The second-order valence-corrected chi connectivity index (χ2v) is 8.14. The van der Waals surface area contributed by atoms with Crippen LogP contribution < -0.4 is 0 Å². The SMILES string of the molecule is COCCO[C@H]1O[C@@H]2O[C@@]3(C)CC[C@H]4[C@H](C)CC[C@@H]([C@H]1C)[C@@]24OO3. The minimum atomic E-state index is -0.727. The van der Waals surface area contributed by atoms with Crippen LogP contribution in [0.3, 0.4) is 0 Å². The molecule has 0 amide bonds. The summed E-state index contributed by atoms with van der Waals surface area (Å²) >= 11 is 0. The third-order valence-electron chi connectivity index (χ3n) is 6.67. The zero-order chi connectivity index (χ0) is 16.9. The van der Waals surface area contributed by atoms with Gasteiger partial charge < -0.3 is 18.9 Å². The van der Waals surface area contributed by atoms with E-state index >= 15 is 0 Å². The van der Waals surface area contributed by atoms with E-state index in [2.05, 4.69) is 13.8 Å². The van der Waals surface area contributed by atoms with Gasteiger partial charge in [-0.3, -0.25) is 0 Å². The van der Waals surface area contributed by atoms with E-state index in [4.69, 9.17) is 28.7 Å². The van der Waals surface area contributed by atoms with Gasteiger partial charge in [0, 0.05) is 25.4 Å². The highest BCUT2D eigenvalue weighted by atomic mass is 17.3. The van der Waals surface area contributed by atoms with Gasteiger partial charge in [0.05, 0.1) is 13.2 Å². The minimum absolute atomic E-state index is 0.225. The Morgan fingerprint density at radius 1 is 1.04 bits per heavy atom. The van der Waals surface area contributed by atoms with E-state index in [0.29, 0.717) is 31.0 Å². The van der Waals surface area contributed by atoms with Gasteiger partial charge in [-0.1, -0.05) is 13.8 Å². The van der Waals surface area contributed by atoms with E-state index in [1.54, 1.807) is 7.11 Å². The Kier molecular flexibility index (Phi) is 4.43. The van der Waals surface area contributed by atoms with Crippen LogP contribution in [0.15, 0.2) is 0 Å². The molecule has 1 saturated carbocycles. The molecule has 5 rings (SSSR count). The largest absolute Gasteiger partial charge is 0.382 e. The van der Waals surface area contributed by atoms with Gasteiger partial charge in [-0.25, -0.2) is 9.78 Å². The molecule has 6 heteroatoms. The van der Waals surface area contributed by atoms with Crippen molar-refractivity contribution in [3.8, 4) is 0 Å². The molecule has 0 aromatic heterocycles. The lowest BCUT2D eigenvalue weighted by Crippen LogP contribution is -2.70. The average molecular weight is 342 g/mol. The second kappa shape index (κ2) is 6.18. The van der Waals surface area contributed by atoms with E-state index < -0.39 is 17.7 Å². The first-order chi connectivity index (χ1) is 11.5. The van der Waals surface area contributed by atoms with Crippen LogP contribution in [0.1, 0.15) is 46.5 Å². The number of rotatable bonds is 4. The summed E-state index contributed by atoms with van der Waals surface area (Å²) in [6.45, 7) is 7.54. The van der Waals surface area contributed by atoms with Crippen LogP contribution in [0.4, 0.5) is 0 Å². The van der Waals surface area contributed by atoms with Crippen LogP contribution in [-0.4, -0.2) is 44.3 Å². The van der Waals surface area contributed by atoms with Crippen molar-refractivity contribution < 1.29 is 28.7 Å². The van der Waals surface area contributed by atoms with Crippen LogP contribution in [0.25, 0.3) is 0 Å². The molecule has 0 unspecified atom stereocenters. The molecule has 24 heavy (non-hydrogen) atoms. The summed E-state index contributed by atoms with van der Waals surface area (Å²) in [6, 6.07) is 0. The van der Waals surface area contributed by atoms with Crippen LogP contribution in [0.5, 0.6) is 0 Å². The van der Waals surface area contributed by atoms with Gasteiger partial charge in [-0.2, -0.15) is 0 Å². The van der Waals surface area contributed by atoms with Crippen molar-refractivity contribution in [3.05, 3.63) is 0 Å². The van der Waals surface area contributed by atoms with E-state index in [1.807, 2.05) is 6.92 Å². The zero-order valence-electron chi connectivity index (χ0n) is 15.2. The highest BCUT2D eigenvalue weighted by Crippen LogP contribution is 2.60. The van der Waals surface area contributed by atoms with Crippen molar-refractivity contribution in [3.63, 3.8) is 0 Å². The molecule has 4 heterocycles. The van der Waals surface area contributed by atoms with Crippen LogP contribution in [0.2, 0.25) is 0 Å². The van der Waals surface area contributed by atoms with Crippen molar-refractivity contribution >= 4 is 0 Å². The third kappa shape index (κ3) is 2.46. The Labute approximate surface area is 144 Å². The Bertz CT molecular complexity index is 472. The summed E-state index contributed by atoms with van der Waals surface area (Å²) in [4.78, 5) is 11.9. The number of fused-ring (bicyclic) bond motifs is 2. The maximum atomic E-state index is 6.30. The van der Waals surface area contributed by atoms with E-state index in [-0.39, 0.29) is 12.2 Å². The fourth-order valence-corrected chi connectivity index (χ4v) is 5.31. The van der Waals surface area contributed by atoms with Crippen LogP contribution in [0, 0.1) is 23.7 Å². The summed E-state index contributed by atoms with van der Waals surface area (Å²) in [5, 5.41) is 0. The Morgan fingerprint density at radius 2 is 1.88 bits per heavy atom. The van der Waals surface area contributed by atoms with E-state index in [0.717, 1.165) is 19.3 Å². The fourth-order valence-electron chi connectivity index (χ4n) is 5.31. The summed E-state index contributed by atoms with van der Waals surface area (Å²) in [6.07, 6.45) is 3.46. The molecular formula is C18H30O6.